The Hall–Kier alpha value is -1.65. The Morgan fingerprint density at radius 3 is 2.74 bits per heavy atom. The van der Waals surface area contributed by atoms with Gasteiger partial charge in [0.2, 0.25) is 0 Å². The predicted molar refractivity (Wildman–Crippen MR) is 97.6 cm³/mol. The minimum atomic E-state index is -0.251. The average Bonchev–Trinajstić information content (AvgIpc) is 2.54. The molecule has 3 rings (SSSR count). The molecule has 2 aromatic carbocycles. The molecule has 1 aromatic heterocycles. The topological polar surface area (TPSA) is 24.9 Å². The summed E-state index contributed by atoms with van der Waals surface area (Å²) in [4.78, 5) is 4.49. The fraction of sp³-hybridized carbons (Fsp3) is 0.167. The van der Waals surface area contributed by atoms with Gasteiger partial charge in [-0.05, 0) is 38.1 Å². The van der Waals surface area contributed by atoms with Gasteiger partial charge < -0.3 is 5.32 Å². The molecule has 0 bridgehead atoms. The van der Waals surface area contributed by atoms with Crippen molar-refractivity contribution >= 4 is 44.1 Å². The smallest absolute Gasteiger partial charge is 0.128 e. The first-order valence-corrected chi connectivity index (χ1v) is 8.41. The highest BCUT2D eigenvalue weighted by Gasteiger charge is 2.16. The Morgan fingerprint density at radius 1 is 1.22 bits per heavy atom. The Morgan fingerprint density at radius 2 is 1.96 bits per heavy atom. The summed E-state index contributed by atoms with van der Waals surface area (Å²) in [5, 5.41) is 4.83. The van der Waals surface area contributed by atoms with Crippen LogP contribution in [0, 0.1) is 12.7 Å². The number of benzene rings is 2. The molecule has 3 aromatic rings. The van der Waals surface area contributed by atoms with Crippen LogP contribution in [0.4, 0.5) is 10.1 Å². The average molecular weight is 394 g/mol. The summed E-state index contributed by atoms with van der Waals surface area (Å²) in [6.07, 6.45) is 0. The van der Waals surface area contributed by atoms with Crippen LogP contribution in [0.15, 0.2) is 46.9 Å². The monoisotopic (exact) mass is 392 g/mol. The molecular weight excluding hydrogens is 379 g/mol. The number of anilines is 1. The molecule has 118 valence electrons. The van der Waals surface area contributed by atoms with Crippen molar-refractivity contribution in [3.8, 4) is 0 Å². The molecule has 0 saturated heterocycles. The lowest BCUT2D eigenvalue weighted by molar-refractivity contribution is 0.600. The van der Waals surface area contributed by atoms with Crippen LogP contribution in [0.1, 0.15) is 24.2 Å². The van der Waals surface area contributed by atoms with Crippen LogP contribution in [-0.2, 0) is 0 Å². The molecule has 23 heavy (non-hydrogen) atoms. The van der Waals surface area contributed by atoms with Crippen LogP contribution in [0.5, 0.6) is 0 Å². The Labute approximate surface area is 147 Å². The first-order valence-electron chi connectivity index (χ1n) is 7.23. The van der Waals surface area contributed by atoms with Gasteiger partial charge >= 0.3 is 0 Å². The number of fused-ring (bicyclic) bond motifs is 1. The van der Waals surface area contributed by atoms with Crippen molar-refractivity contribution in [1.29, 1.82) is 0 Å². The SMILES string of the molecule is Cc1nc2ccccc2c(N[C@H](C)c2cc(Br)ccc2F)c1Cl. The molecule has 0 radical (unpaired) electrons. The van der Waals surface area contributed by atoms with Gasteiger partial charge in [-0.15, -0.1) is 0 Å². The summed E-state index contributed by atoms with van der Waals surface area (Å²) in [7, 11) is 0. The zero-order valence-electron chi connectivity index (χ0n) is 12.7. The number of nitrogens with zero attached hydrogens (tertiary/aromatic N) is 1. The van der Waals surface area contributed by atoms with Gasteiger partial charge in [-0.1, -0.05) is 45.7 Å². The number of aromatic nitrogens is 1. The van der Waals surface area contributed by atoms with Crippen LogP contribution >= 0.6 is 27.5 Å². The van der Waals surface area contributed by atoms with E-state index in [4.69, 9.17) is 11.6 Å². The van der Waals surface area contributed by atoms with E-state index in [1.807, 2.05) is 38.1 Å². The van der Waals surface area contributed by atoms with E-state index in [-0.39, 0.29) is 11.9 Å². The van der Waals surface area contributed by atoms with Crippen LogP contribution in [0.25, 0.3) is 10.9 Å². The zero-order chi connectivity index (χ0) is 16.6. The second-order valence-corrected chi connectivity index (χ2v) is 6.73. The van der Waals surface area contributed by atoms with Gasteiger partial charge in [0.1, 0.15) is 5.82 Å². The van der Waals surface area contributed by atoms with E-state index < -0.39 is 0 Å². The van der Waals surface area contributed by atoms with E-state index in [0.717, 1.165) is 26.8 Å². The Kier molecular flexibility index (Phi) is 4.55. The quantitative estimate of drug-likeness (QED) is 0.567. The summed E-state index contributed by atoms with van der Waals surface area (Å²) in [5.74, 6) is -0.251. The van der Waals surface area contributed by atoms with Crippen molar-refractivity contribution in [3.63, 3.8) is 0 Å². The fourth-order valence-electron chi connectivity index (χ4n) is 2.59. The zero-order valence-corrected chi connectivity index (χ0v) is 15.0. The summed E-state index contributed by atoms with van der Waals surface area (Å²) in [6.45, 7) is 3.77. The predicted octanol–water partition coefficient (Wildman–Crippen LogP) is 6.27. The summed E-state index contributed by atoms with van der Waals surface area (Å²) in [5.41, 5.74) is 2.96. The highest BCUT2D eigenvalue weighted by atomic mass is 79.9. The van der Waals surface area contributed by atoms with Crippen LogP contribution in [0.2, 0.25) is 5.02 Å². The number of aryl methyl sites for hydroxylation is 1. The number of pyridine rings is 1. The normalized spacial score (nSPS) is 12.4. The highest BCUT2D eigenvalue weighted by molar-refractivity contribution is 9.10. The van der Waals surface area contributed by atoms with Crippen molar-refractivity contribution in [3.05, 3.63) is 69.0 Å². The molecule has 1 N–H and O–H groups in total. The lowest BCUT2D eigenvalue weighted by Crippen LogP contribution is -2.10. The molecule has 0 unspecified atom stereocenters. The minimum Gasteiger partial charge on any atom is -0.377 e. The molecule has 0 aliphatic carbocycles. The third-order valence-corrected chi connectivity index (χ3v) is 4.74. The van der Waals surface area contributed by atoms with Crippen molar-refractivity contribution in [2.75, 3.05) is 5.32 Å². The minimum absolute atomic E-state index is 0.241. The molecule has 1 heterocycles. The van der Waals surface area contributed by atoms with E-state index in [1.54, 1.807) is 12.1 Å². The third-order valence-electron chi connectivity index (χ3n) is 3.78. The second-order valence-electron chi connectivity index (χ2n) is 5.44. The number of halogens is 3. The molecule has 0 aliphatic rings. The van der Waals surface area contributed by atoms with Gasteiger partial charge in [0, 0.05) is 15.4 Å². The molecule has 2 nitrogen and oxygen atoms in total. The standard InChI is InChI=1S/C18H15BrClFN2/c1-10(14-9-12(19)7-8-15(14)21)23-18-13-5-3-4-6-16(13)22-11(2)17(18)20/h3-10H,1-2H3,(H,22,23)/t10-/m1/s1. The summed E-state index contributed by atoms with van der Waals surface area (Å²) in [6, 6.07) is 12.4. The van der Waals surface area contributed by atoms with E-state index in [0.29, 0.717) is 10.6 Å². The number of rotatable bonds is 3. The maximum atomic E-state index is 14.1. The van der Waals surface area contributed by atoms with Crippen LogP contribution in [-0.4, -0.2) is 4.98 Å². The van der Waals surface area contributed by atoms with Gasteiger partial charge in [0.15, 0.2) is 0 Å². The molecule has 0 saturated carbocycles. The highest BCUT2D eigenvalue weighted by Crippen LogP contribution is 2.35. The van der Waals surface area contributed by atoms with Gasteiger partial charge in [-0.2, -0.15) is 0 Å². The van der Waals surface area contributed by atoms with Gasteiger partial charge in [-0.25, -0.2) is 4.39 Å². The number of nitrogens with one attached hydrogen (secondary N) is 1. The largest absolute Gasteiger partial charge is 0.377 e. The first-order chi connectivity index (χ1) is 11.0. The van der Waals surface area contributed by atoms with Gasteiger partial charge in [-0.3, -0.25) is 4.98 Å². The second kappa shape index (κ2) is 6.46. The van der Waals surface area contributed by atoms with Crippen molar-refractivity contribution in [2.24, 2.45) is 0 Å². The van der Waals surface area contributed by atoms with Crippen molar-refractivity contribution in [1.82, 2.24) is 4.98 Å². The molecule has 5 heteroatoms. The molecule has 1 atom stereocenters. The van der Waals surface area contributed by atoms with E-state index in [1.165, 1.54) is 6.07 Å². The van der Waals surface area contributed by atoms with Crippen molar-refractivity contribution in [2.45, 2.75) is 19.9 Å². The maximum absolute atomic E-state index is 14.1. The molecule has 0 fully saturated rings. The molecular formula is C18H15BrClFN2. The number of hydrogen-bond acceptors (Lipinski definition) is 2. The lowest BCUT2D eigenvalue weighted by Gasteiger charge is -2.20. The molecule has 0 spiro atoms. The first kappa shape index (κ1) is 16.2. The van der Waals surface area contributed by atoms with Crippen molar-refractivity contribution < 1.29 is 4.39 Å². The van der Waals surface area contributed by atoms with Crippen LogP contribution in [0.3, 0.4) is 0 Å². The maximum Gasteiger partial charge on any atom is 0.128 e. The van der Waals surface area contributed by atoms with E-state index >= 15 is 0 Å². The molecule has 0 amide bonds. The molecule has 0 aliphatic heterocycles. The Balaban J connectivity index is 2.07. The van der Waals surface area contributed by atoms with Crippen LogP contribution < -0.4 is 5.32 Å². The number of hydrogen-bond donors (Lipinski definition) is 1. The summed E-state index contributed by atoms with van der Waals surface area (Å²) < 4.78 is 14.9. The van der Waals surface area contributed by atoms with E-state index in [2.05, 4.69) is 26.2 Å². The Bertz CT molecular complexity index is 882. The van der Waals surface area contributed by atoms with Gasteiger partial charge in [0.05, 0.1) is 28.0 Å². The van der Waals surface area contributed by atoms with Gasteiger partial charge in [0.25, 0.3) is 0 Å². The fourth-order valence-corrected chi connectivity index (χ4v) is 3.17. The van der Waals surface area contributed by atoms with E-state index in [9.17, 15) is 4.39 Å². The summed E-state index contributed by atoms with van der Waals surface area (Å²) >= 11 is 9.83. The third kappa shape index (κ3) is 3.19. The number of para-hydroxylation sites is 1. The lowest BCUT2D eigenvalue weighted by atomic mass is 10.1.